The first kappa shape index (κ1) is 22.0. The Morgan fingerprint density at radius 2 is 1.81 bits per heavy atom. The predicted octanol–water partition coefficient (Wildman–Crippen LogP) is 4.76. The number of hydrogen-bond acceptors (Lipinski definition) is 5. The lowest BCUT2D eigenvalue weighted by Crippen LogP contribution is -2.59. The molecule has 4 aliphatic carbocycles. The van der Waals surface area contributed by atoms with Gasteiger partial charge in [0.25, 0.3) is 5.91 Å². The second-order valence-electron chi connectivity index (χ2n) is 9.96. The molecule has 5 fully saturated rings. The molecule has 4 bridgehead atoms. The van der Waals surface area contributed by atoms with E-state index in [1.807, 2.05) is 30.3 Å². The van der Waals surface area contributed by atoms with E-state index in [0.29, 0.717) is 28.6 Å². The van der Waals surface area contributed by atoms with Gasteiger partial charge in [0.05, 0.1) is 12.0 Å². The van der Waals surface area contributed by atoms with Crippen molar-refractivity contribution in [2.75, 3.05) is 13.7 Å². The Morgan fingerprint density at radius 3 is 2.41 bits per heavy atom. The van der Waals surface area contributed by atoms with Crippen molar-refractivity contribution in [2.45, 2.75) is 56.9 Å². The molecular formula is C25H30N2O3S2. The molecule has 1 aliphatic heterocycles. The molecule has 6 rings (SSSR count). The number of benzene rings is 1. The largest absolute Gasteiger partial charge is 0.497 e. The molecule has 1 aromatic carbocycles. The lowest BCUT2D eigenvalue weighted by molar-refractivity contribution is -0.127. The number of amides is 2. The van der Waals surface area contributed by atoms with Gasteiger partial charge in [0.1, 0.15) is 10.1 Å². The van der Waals surface area contributed by atoms with Crippen LogP contribution < -0.4 is 10.1 Å². The number of carbonyl (C=O) groups excluding carboxylic acids is 2. The van der Waals surface area contributed by atoms with Crippen LogP contribution in [0, 0.1) is 17.8 Å². The Hall–Kier alpha value is -1.86. The molecular weight excluding hydrogens is 440 g/mol. The third kappa shape index (κ3) is 4.46. The van der Waals surface area contributed by atoms with Crippen molar-refractivity contribution in [1.29, 1.82) is 0 Å². The lowest BCUT2D eigenvalue weighted by Gasteiger charge is -2.56. The summed E-state index contributed by atoms with van der Waals surface area (Å²) >= 11 is 6.77. The van der Waals surface area contributed by atoms with Crippen LogP contribution in [-0.4, -0.2) is 40.2 Å². The number of thioether (sulfide) groups is 1. The standard InChI is InChI=1S/C25H30N2O3S2/c1-30-20-6-4-16(5-7-20)12-21-23(29)27(24(31)32-21)8-2-3-22(28)26-25-13-17-9-18(14-25)11-19(10-17)15-25/h4-7,12,17-19H,2-3,8-11,13-15H2,1H3,(H,26,28)/b21-12+. The SMILES string of the molecule is COc1ccc(/C=C2/SC(=S)N(CCCC(=O)NC34CC5CC(CC(C5)C3)C4)C2=O)cc1. The highest BCUT2D eigenvalue weighted by molar-refractivity contribution is 8.26. The summed E-state index contributed by atoms with van der Waals surface area (Å²) in [6.07, 6.45) is 10.5. The Bertz CT molecular complexity index is 921. The highest BCUT2D eigenvalue weighted by Gasteiger charge is 2.51. The molecule has 5 nitrogen and oxygen atoms in total. The Kier molecular flexibility index (Phi) is 6.05. The molecule has 2 amide bonds. The maximum absolute atomic E-state index is 12.8. The number of thiocarbonyl (C=S) groups is 1. The maximum Gasteiger partial charge on any atom is 0.266 e. The zero-order valence-electron chi connectivity index (χ0n) is 18.5. The molecule has 0 unspecified atom stereocenters. The summed E-state index contributed by atoms with van der Waals surface area (Å²) in [4.78, 5) is 27.8. The molecule has 7 heteroatoms. The van der Waals surface area contributed by atoms with Crippen molar-refractivity contribution in [1.82, 2.24) is 10.2 Å². The van der Waals surface area contributed by atoms with Crippen molar-refractivity contribution < 1.29 is 14.3 Å². The van der Waals surface area contributed by atoms with E-state index in [1.165, 1.54) is 31.0 Å². The van der Waals surface area contributed by atoms with Gasteiger partial charge in [0.2, 0.25) is 5.91 Å². The second kappa shape index (κ2) is 8.82. The monoisotopic (exact) mass is 470 g/mol. The number of methoxy groups -OCH3 is 1. The van der Waals surface area contributed by atoms with E-state index < -0.39 is 0 Å². The second-order valence-corrected chi connectivity index (χ2v) is 11.6. The van der Waals surface area contributed by atoms with Crippen LogP contribution in [-0.2, 0) is 9.59 Å². The first-order valence-electron chi connectivity index (χ1n) is 11.6. The minimum atomic E-state index is -0.0719. The predicted molar refractivity (Wildman–Crippen MR) is 131 cm³/mol. The minimum Gasteiger partial charge on any atom is -0.497 e. The van der Waals surface area contributed by atoms with E-state index in [-0.39, 0.29) is 17.4 Å². The van der Waals surface area contributed by atoms with Crippen molar-refractivity contribution >= 4 is 46.2 Å². The highest BCUT2D eigenvalue weighted by atomic mass is 32.2. The fourth-order valence-corrected chi connectivity index (χ4v) is 7.87. The fourth-order valence-electron chi connectivity index (χ4n) is 6.56. The molecule has 1 N–H and O–H groups in total. The Labute approximate surface area is 199 Å². The lowest BCUT2D eigenvalue weighted by atomic mass is 9.53. The molecule has 0 radical (unpaired) electrons. The van der Waals surface area contributed by atoms with Crippen molar-refractivity contribution in [3.8, 4) is 5.75 Å². The molecule has 1 saturated heterocycles. The van der Waals surface area contributed by atoms with Gasteiger partial charge in [0.15, 0.2) is 0 Å². The van der Waals surface area contributed by atoms with Crippen LogP contribution >= 0.6 is 24.0 Å². The number of nitrogens with zero attached hydrogens (tertiary/aromatic N) is 1. The van der Waals surface area contributed by atoms with Crippen LogP contribution in [0.2, 0.25) is 0 Å². The quantitative estimate of drug-likeness (QED) is 0.460. The van der Waals surface area contributed by atoms with Gasteiger partial charge >= 0.3 is 0 Å². The molecule has 1 heterocycles. The van der Waals surface area contributed by atoms with Gasteiger partial charge in [-0.25, -0.2) is 0 Å². The van der Waals surface area contributed by atoms with E-state index >= 15 is 0 Å². The molecule has 0 atom stereocenters. The first-order valence-corrected chi connectivity index (χ1v) is 12.9. The van der Waals surface area contributed by atoms with E-state index in [4.69, 9.17) is 17.0 Å². The van der Waals surface area contributed by atoms with Gasteiger partial charge in [-0.3, -0.25) is 14.5 Å². The normalized spacial score (nSPS) is 32.1. The van der Waals surface area contributed by atoms with E-state index in [9.17, 15) is 9.59 Å². The number of rotatable bonds is 7. The zero-order chi connectivity index (χ0) is 22.3. The third-order valence-corrected chi connectivity index (χ3v) is 8.89. The molecule has 5 aliphatic rings. The summed E-state index contributed by atoms with van der Waals surface area (Å²) in [7, 11) is 1.63. The van der Waals surface area contributed by atoms with E-state index in [0.717, 1.165) is 48.3 Å². The van der Waals surface area contributed by atoms with Crippen LogP contribution in [0.4, 0.5) is 0 Å². The summed E-state index contributed by atoms with van der Waals surface area (Å²) in [5.74, 6) is 3.28. The number of ether oxygens (including phenoxy) is 1. The average Bonchev–Trinajstić information content (AvgIpc) is 3.00. The van der Waals surface area contributed by atoms with Crippen molar-refractivity contribution in [3.05, 3.63) is 34.7 Å². The maximum atomic E-state index is 12.8. The molecule has 4 saturated carbocycles. The number of hydrogen-bond donors (Lipinski definition) is 1. The minimum absolute atomic E-state index is 0.0503. The van der Waals surface area contributed by atoms with Crippen LogP contribution in [0.3, 0.4) is 0 Å². The molecule has 1 aromatic rings. The van der Waals surface area contributed by atoms with Crippen LogP contribution in [0.25, 0.3) is 6.08 Å². The smallest absolute Gasteiger partial charge is 0.266 e. The Morgan fingerprint density at radius 1 is 1.19 bits per heavy atom. The first-order chi connectivity index (χ1) is 15.4. The summed E-state index contributed by atoms with van der Waals surface area (Å²) in [6.45, 7) is 0.485. The van der Waals surface area contributed by atoms with Gasteiger partial charge in [-0.1, -0.05) is 36.1 Å². The third-order valence-electron chi connectivity index (χ3n) is 7.52. The van der Waals surface area contributed by atoms with Crippen molar-refractivity contribution in [2.24, 2.45) is 17.8 Å². The van der Waals surface area contributed by atoms with E-state index in [1.54, 1.807) is 12.0 Å². The van der Waals surface area contributed by atoms with Crippen molar-refractivity contribution in [3.63, 3.8) is 0 Å². The zero-order valence-corrected chi connectivity index (χ0v) is 20.1. The van der Waals surface area contributed by atoms with Crippen LogP contribution in [0.1, 0.15) is 56.9 Å². The highest BCUT2D eigenvalue weighted by Crippen LogP contribution is 2.55. The topological polar surface area (TPSA) is 58.6 Å². The summed E-state index contributed by atoms with van der Waals surface area (Å²) < 4.78 is 5.75. The Balaban J connectivity index is 1.13. The van der Waals surface area contributed by atoms with Gasteiger partial charge in [0, 0.05) is 18.5 Å². The van der Waals surface area contributed by atoms with Crippen LogP contribution in [0.5, 0.6) is 5.75 Å². The number of carbonyl (C=O) groups is 2. The van der Waals surface area contributed by atoms with Gasteiger partial charge in [-0.05, 0) is 86.5 Å². The molecule has 0 spiro atoms. The fraction of sp³-hybridized carbons (Fsp3) is 0.560. The van der Waals surface area contributed by atoms with Crippen LogP contribution in [0.15, 0.2) is 29.2 Å². The molecule has 170 valence electrons. The summed E-state index contributed by atoms with van der Waals surface area (Å²) in [6, 6.07) is 7.57. The molecule has 0 aromatic heterocycles. The number of nitrogens with one attached hydrogen (secondary N) is 1. The summed E-state index contributed by atoms with van der Waals surface area (Å²) in [5, 5.41) is 3.42. The summed E-state index contributed by atoms with van der Waals surface area (Å²) in [5.41, 5.74) is 0.982. The van der Waals surface area contributed by atoms with Gasteiger partial charge in [-0.15, -0.1) is 0 Å². The van der Waals surface area contributed by atoms with Gasteiger partial charge in [-0.2, -0.15) is 0 Å². The van der Waals surface area contributed by atoms with Gasteiger partial charge < -0.3 is 10.1 Å². The average molecular weight is 471 g/mol. The van der Waals surface area contributed by atoms with E-state index in [2.05, 4.69) is 5.32 Å². The molecule has 32 heavy (non-hydrogen) atoms.